The molecule has 0 aromatic heterocycles. The van der Waals surface area contributed by atoms with Gasteiger partial charge in [0.25, 0.3) is 0 Å². The van der Waals surface area contributed by atoms with Gasteiger partial charge in [0.2, 0.25) is 0 Å². The van der Waals surface area contributed by atoms with Crippen molar-refractivity contribution in [3.05, 3.63) is 0 Å². The van der Waals surface area contributed by atoms with Crippen LogP contribution in [-0.2, 0) is 4.74 Å². The van der Waals surface area contributed by atoms with Crippen molar-refractivity contribution in [1.82, 2.24) is 0 Å². The van der Waals surface area contributed by atoms with Gasteiger partial charge in [-0.2, -0.15) is 0 Å². The molecule has 16 heavy (non-hydrogen) atoms. The Bertz CT molecular complexity index is 246. The van der Waals surface area contributed by atoms with Gasteiger partial charge in [-0.3, -0.25) is 0 Å². The van der Waals surface area contributed by atoms with Gasteiger partial charge in [-0.15, -0.1) is 0 Å². The standard InChI is InChI=1S/C15H26O/c1-11(2)13-4-3-6-15(9-13)7-5-12-8-14(12)10-16-15/h11-14H,3-10H2,1-2H3/t12-,13+,14+,15-/m0/s1. The molecule has 3 rings (SSSR count). The third kappa shape index (κ3) is 2.03. The second-order valence-electron chi connectivity index (χ2n) is 6.89. The van der Waals surface area contributed by atoms with E-state index in [1.54, 1.807) is 0 Å². The van der Waals surface area contributed by atoms with Gasteiger partial charge in [-0.1, -0.05) is 20.3 Å². The van der Waals surface area contributed by atoms with Crippen molar-refractivity contribution in [3.63, 3.8) is 0 Å². The lowest BCUT2D eigenvalue weighted by molar-refractivity contribution is -0.0911. The maximum absolute atomic E-state index is 6.37. The average molecular weight is 222 g/mol. The number of hydrogen-bond acceptors (Lipinski definition) is 1. The summed E-state index contributed by atoms with van der Waals surface area (Å²) in [6.07, 6.45) is 9.81. The molecule has 1 aliphatic heterocycles. The van der Waals surface area contributed by atoms with Crippen molar-refractivity contribution >= 4 is 0 Å². The molecular formula is C15H26O. The quantitative estimate of drug-likeness (QED) is 0.651. The Morgan fingerprint density at radius 1 is 1.12 bits per heavy atom. The molecule has 0 amide bonds. The lowest BCUT2D eigenvalue weighted by Crippen LogP contribution is -2.39. The molecule has 2 aliphatic carbocycles. The third-order valence-electron chi connectivity index (χ3n) is 5.43. The number of rotatable bonds is 1. The second-order valence-corrected chi connectivity index (χ2v) is 6.89. The van der Waals surface area contributed by atoms with Crippen LogP contribution in [-0.4, -0.2) is 12.2 Å². The largest absolute Gasteiger partial charge is 0.375 e. The van der Waals surface area contributed by atoms with Crippen LogP contribution in [0, 0.1) is 23.7 Å². The van der Waals surface area contributed by atoms with E-state index in [2.05, 4.69) is 13.8 Å². The molecule has 1 heterocycles. The summed E-state index contributed by atoms with van der Waals surface area (Å²) < 4.78 is 6.37. The zero-order valence-corrected chi connectivity index (χ0v) is 10.9. The predicted octanol–water partition coefficient (Wildman–Crippen LogP) is 4.02. The molecule has 2 saturated carbocycles. The molecular weight excluding hydrogens is 196 g/mol. The minimum Gasteiger partial charge on any atom is -0.375 e. The summed E-state index contributed by atoms with van der Waals surface area (Å²) in [4.78, 5) is 0. The van der Waals surface area contributed by atoms with Crippen LogP contribution < -0.4 is 0 Å². The Kier molecular flexibility index (Phi) is 2.78. The smallest absolute Gasteiger partial charge is 0.0685 e. The first-order valence-electron chi connectivity index (χ1n) is 7.32. The van der Waals surface area contributed by atoms with Crippen LogP contribution in [0.4, 0.5) is 0 Å². The van der Waals surface area contributed by atoms with E-state index in [1.165, 1.54) is 44.9 Å². The van der Waals surface area contributed by atoms with Crippen LogP contribution >= 0.6 is 0 Å². The fourth-order valence-corrected chi connectivity index (χ4v) is 3.97. The van der Waals surface area contributed by atoms with Gasteiger partial charge >= 0.3 is 0 Å². The molecule has 1 heteroatoms. The highest BCUT2D eigenvalue weighted by Crippen LogP contribution is 2.51. The lowest BCUT2D eigenvalue weighted by Gasteiger charge is -2.42. The van der Waals surface area contributed by atoms with Crippen LogP contribution in [0.15, 0.2) is 0 Å². The molecule has 0 unspecified atom stereocenters. The summed E-state index contributed by atoms with van der Waals surface area (Å²) in [6.45, 7) is 5.85. The zero-order valence-electron chi connectivity index (χ0n) is 10.9. The van der Waals surface area contributed by atoms with Crippen molar-refractivity contribution < 1.29 is 4.74 Å². The number of hydrogen-bond donors (Lipinski definition) is 0. The molecule has 0 N–H and O–H groups in total. The third-order valence-corrected chi connectivity index (χ3v) is 5.43. The topological polar surface area (TPSA) is 9.23 Å². The first-order chi connectivity index (χ1) is 7.69. The van der Waals surface area contributed by atoms with Crippen LogP contribution in [0.2, 0.25) is 0 Å². The van der Waals surface area contributed by atoms with Gasteiger partial charge in [-0.25, -0.2) is 0 Å². The molecule has 0 radical (unpaired) electrons. The van der Waals surface area contributed by atoms with Crippen molar-refractivity contribution in [1.29, 1.82) is 0 Å². The van der Waals surface area contributed by atoms with E-state index in [0.29, 0.717) is 5.60 Å². The minimum atomic E-state index is 0.306. The van der Waals surface area contributed by atoms with Gasteiger partial charge in [0.1, 0.15) is 0 Å². The van der Waals surface area contributed by atoms with E-state index in [9.17, 15) is 0 Å². The molecule has 1 nitrogen and oxygen atoms in total. The maximum Gasteiger partial charge on any atom is 0.0685 e. The highest BCUT2D eigenvalue weighted by Gasteiger charge is 2.46. The van der Waals surface area contributed by atoms with Crippen molar-refractivity contribution in [2.24, 2.45) is 23.7 Å². The summed E-state index contributed by atoms with van der Waals surface area (Å²) in [6, 6.07) is 0. The Labute approximate surface area is 99.9 Å². The highest BCUT2D eigenvalue weighted by molar-refractivity contribution is 4.97. The SMILES string of the molecule is CC(C)[C@@H]1CCC[C@]2(CC[C@H]3C[C@@H]3CO2)C1. The molecule has 1 saturated heterocycles. The Morgan fingerprint density at radius 3 is 2.81 bits per heavy atom. The predicted molar refractivity (Wildman–Crippen MR) is 66.3 cm³/mol. The first-order valence-corrected chi connectivity index (χ1v) is 7.32. The molecule has 0 bridgehead atoms. The molecule has 92 valence electrons. The van der Waals surface area contributed by atoms with Gasteiger partial charge < -0.3 is 4.74 Å². The summed E-state index contributed by atoms with van der Waals surface area (Å²) >= 11 is 0. The number of fused-ring (bicyclic) bond motifs is 1. The zero-order chi connectivity index (χ0) is 11.2. The molecule has 3 aliphatic rings. The van der Waals surface area contributed by atoms with E-state index >= 15 is 0 Å². The molecule has 1 spiro atoms. The van der Waals surface area contributed by atoms with E-state index in [-0.39, 0.29) is 0 Å². The average Bonchev–Trinajstić information content (AvgIpc) is 3.03. The van der Waals surface area contributed by atoms with Crippen molar-refractivity contribution in [2.45, 2.75) is 64.4 Å². The summed E-state index contributed by atoms with van der Waals surface area (Å²) in [5, 5.41) is 0. The summed E-state index contributed by atoms with van der Waals surface area (Å²) in [7, 11) is 0. The number of ether oxygens (including phenoxy) is 1. The molecule has 3 fully saturated rings. The monoisotopic (exact) mass is 222 g/mol. The Hall–Kier alpha value is -0.0400. The van der Waals surface area contributed by atoms with Gasteiger partial charge in [0.15, 0.2) is 0 Å². The minimum absolute atomic E-state index is 0.306. The normalized spacial score (nSPS) is 47.8. The molecule has 0 aromatic rings. The lowest BCUT2D eigenvalue weighted by atomic mass is 9.71. The molecule has 0 aromatic carbocycles. The van der Waals surface area contributed by atoms with Crippen LogP contribution in [0.25, 0.3) is 0 Å². The fraction of sp³-hybridized carbons (Fsp3) is 1.00. The van der Waals surface area contributed by atoms with E-state index in [0.717, 1.165) is 30.3 Å². The van der Waals surface area contributed by atoms with Crippen molar-refractivity contribution in [2.75, 3.05) is 6.61 Å². The summed E-state index contributed by atoms with van der Waals surface area (Å²) in [5.74, 6) is 3.75. The van der Waals surface area contributed by atoms with Gasteiger partial charge in [-0.05, 0) is 62.2 Å². The van der Waals surface area contributed by atoms with E-state index in [4.69, 9.17) is 4.74 Å². The van der Waals surface area contributed by atoms with Crippen LogP contribution in [0.5, 0.6) is 0 Å². The highest BCUT2D eigenvalue weighted by atomic mass is 16.5. The Morgan fingerprint density at radius 2 is 2.00 bits per heavy atom. The second kappa shape index (κ2) is 4.01. The summed E-state index contributed by atoms with van der Waals surface area (Å²) in [5.41, 5.74) is 0.306. The fourth-order valence-electron chi connectivity index (χ4n) is 3.97. The van der Waals surface area contributed by atoms with Gasteiger partial charge in [0.05, 0.1) is 12.2 Å². The van der Waals surface area contributed by atoms with E-state index < -0.39 is 0 Å². The molecule has 4 atom stereocenters. The van der Waals surface area contributed by atoms with Crippen molar-refractivity contribution in [3.8, 4) is 0 Å². The first kappa shape index (κ1) is 11.1. The van der Waals surface area contributed by atoms with Crippen LogP contribution in [0.1, 0.15) is 58.8 Å². The van der Waals surface area contributed by atoms with Gasteiger partial charge in [0, 0.05) is 0 Å². The van der Waals surface area contributed by atoms with Crippen LogP contribution in [0.3, 0.4) is 0 Å². The van der Waals surface area contributed by atoms with E-state index in [1.807, 2.05) is 0 Å². The maximum atomic E-state index is 6.37. The Balaban J connectivity index is 1.66.